The fourth-order valence-electron chi connectivity index (χ4n) is 4.65. The van der Waals surface area contributed by atoms with Gasteiger partial charge in [-0.15, -0.1) is 0 Å². The van der Waals surface area contributed by atoms with E-state index in [0.717, 1.165) is 22.7 Å². The van der Waals surface area contributed by atoms with Gasteiger partial charge in [0.05, 0.1) is 5.69 Å². The molecule has 2 aromatic carbocycles. The molecule has 1 aromatic heterocycles. The molecule has 3 aromatic rings. The van der Waals surface area contributed by atoms with E-state index in [2.05, 4.69) is 5.10 Å². The Balaban J connectivity index is 1.44. The fraction of sp³-hybridized carbons (Fsp3) is 0.393. The molecule has 35 heavy (non-hydrogen) atoms. The third kappa shape index (κ3) is 6.50. The average Bonchev–Trinajstić information content (AvgIpc) is 3.17. The van der Waals surface area contributed by atoms with Crippen molar-refractivity contribution in [3.05, 3.63) is 83.7 Å². The largest absolute Gasteiger partial charge is 0.490 e. The Bertz CT molecular complexity index is 1130. The molecule has 0 spiro atoms. The monoisotopic (exact) mass is 474 g/mol. The van der Waals surface area contributed by atoms with Crippen LogP contribution in [0.5, 0.6) is 5.75 Å². The van der Waals surface area contributed by atoms with E-state index in [1.807, 2.05) is 92.5 Å². The molecule has 1 aliphatic heterocycles. The van der Waals surface area contributed by atoms with Crippen LogP contribution < -0.4 is 4.74 Å². The van der Waals surface area contributed by atoms with Crippen LogP contribution in [0.3, 0.4) is 0 Å². The zero-order valence-corrected chi connectivity index (χ0v) is 20.8. The molecule has 1 saturated heterocycles. The number of rotatable bonds is 8. The molecular weight excluding hydrogens is 440 g/mol. The summed E-state index contributed by atoms with van der Waals surface area (Å²) in [6, 6.07) is 21.6. The van der Waals surface area contributed by atoms with Crippen LogP contribution in [0.25, 0.3) is 0 Å². The standard InChI is InChI=1S/C28H34N4O3/c1-21-16-22(2)32(29-21)20-28(34)31-15-14-26(35-25-12-8-5-9-13-25)24(19-31)17-27(33)30(3)18-23-10-6-4-7-11-23/h4-13,16,24,26H,14-15,17-20H2,1-3H3/t24-,26-/m0/s1. The number of amides is 2. The van der Waals surface area contributed by atoms with Crippen LogP contribution in [-0.4, -0.2) is 57.6 Å². The summed E-state index contributed by atoms with van der Waals surface area (Å²) < 4.78 is 8.06. The van der Waals surface area contributed by atoms with Gasteiger partial charge in [0.15, 0.2) is 0 Å². The molecule has 0 radical (unpaired) electrons. The third-order valence-electron chi connectivity index (χ3n) is 6.56. The van der Waals surface area contributed by atoms with E-state index in [1.54, 1.807) is 9.58 Å². The number of hydrogen-bond donors (Lipinski definition) is 0. The first-order chi connectivity index (χ1) is 16.9. The maximum Gasteiger partial charge on any atom is 0.244 e. The molecule has 0 unspecified atom stereocenters. The van der Waals surface area contributed by atoms with Crippen molar-refractivity contribution in [1.82, 2.24) is 19.6 Å². The Labute approximate surface area is 207 Å². The molecule has 2 atom stereocenters. The van der Waals surface area contributed by atoms with Crippen molar-refractivity contribution in [3.63, 3.8) is 0 Å². The van der Waals surface area contributed by atoms with Gasteiger partial charge in [-0.1, -0.05) is 48.5 Å². The lowest BCUT2D eigenvalue weighted by atomic mass is 9.90. The zero-order chi connectivity index (χ0) is 24.8. The van der Waals surface area contributed by atoms with Crippen molar-refractivity contribution in [2.45, 2.75) is 45.9 Å². The van der Waals surface area contributed by atoms with Gasteiger partial charge in [0.1, 0.15) is 18.4 Å². The summed E-state index contributed by atoms with van der Waals surface area (Å²) in [6.07, 6.45) is 0.868. The summed E-state index contributed by atoms with van der Waals surface area (Å²) in [5, 5.41) is 4.43. The Morgan fingerprint density at radius 3 is 2.40 bits per heavy atom. The van der Waals surface area contributed by atoms with E-state index in [0.29, 0.717) is 32.5 Å². The summed E-state index contributed by atoms with van der Waals surface area (Å²) in [7, 11) is 1.83. The highest BCUT2D eigenvalue weighted by Gasteiger charge is 2.35. The molecule has 2 amide bonds. The summed E-state index contributed by atoms with van der Waals surface area (Å²) >= 11 is 0. The van der Waals surface area contributed by atoms with Crippen molar-refractivity contribution in [1.29, 1.82) is 0 Å². The van der Waals surface area contributed by atoms with E-state index < -0.39 is 0 Å². The number of carbonyl (C=O) groups is 2. The molecular formula is C28H34N4O3. The lowest BCUT2D eigenvalue weighted by Gasteiger charge is -2.39. The molecule has 0 saturated carbocycles. The molecule has 0 bridgehead atoms. The van der Waals surface area contributed by atoms with Crippen molar-refractivity contribution >= 4 is 11.8 Å². The number of aromatic nitrogens is 2. The van der Waals surface area contributed by atoms with Gasteiger partial charge in [-0.2, -0.15) is 5.10 Å². The second-order valence-corrected chi connectivity index (χ2v) is 9.38. The van der Waals surface area contributed by atoms with E-state index in [-0.39, 0.29) is 30.4 Å². The number of benzene rings is 2. The molecule has 7 nitrogen and oxygen atoms in total. The molecule has 1 fully saturated rings. The van der Waals surface area contributed by atoms with Crippen LogP contribution in [0, 0.1) is 19.8 Å². The fourth-order valence-corrected chi connectivity index (χ4v) is 4.65. The predicted octanol–water partition coefficient (Wildman–Crippen LogP) is 3.84. The van der Waals surface area contributed by atoms with Crippen LogP contribution in [-0.2, 0) is 22.7 Å². The topological polar surface area (TPSA) is 67.7 Å². The maximum atomic E-state index is 13.2. The van der Waals surface area contributed by atoms with E-state index in [1.165, 1.54) is 0 Å². The van der Waals surface area contributed by atoms with E-state index >= 15 is 0 Å². The predicted molar refractivity (Wildman–Crippen MR) is 135 cm³/mol. The number of ether oxygens (including phenoxy) is 1. The van der Waals surface area contributed by atoms with Crippen LogP contribution >= 0.6 is 0 Å². The quantitative estimate of drug-likeness (QED) is 0.498. The number of carbonyl (C=O) groups excluding carboxylic acids is 2. The first-order valence-electron chi connectivity index (χ1n) is 12.2. The van der Waals surface area contributed by atoms with Gasteiger partial charge in [-0.3, -0.25) is 14.3 Å². The number of nitrogens with zero attached hydrogens (tertiary/aromatic N) is 4. The van der Waals surface area contributed by atoms with Gasteiger partial charge in [0.2, 0.25) is 11.8 Å². The van der Waals surface area contributed by atoms with Crippen LogP contribution in [0.2, 0.25) is 0 Å². The summed E-state index contributed by atoms with van der Waals surface area (Å²) in [6.45, 7) is 5.72. The Hall–Kier alpha value is -3.61. The molecule has 0 aliphatic carbocycles. The minimum atomic E-state index is -0.135. The minimum absolute atomic E-state index is 0.0180. The Morgan fingerprint density at radius 2 is 1.74 bits per heavy atom. The van der Waals surface area contributed by atoms with Crippen LogP contribution in [0.1, 0.15) is 29.8 Å². The number of para-hydroxylation sites is 1. The van der Waals surface area contributed by atoms with Crippen molar-refractivity contribution < 1.29 is 14.3 Å². The van der Waals surface area contributed by atoms with Gasteiger partial charge in [-0.25, -0.2) is 0 Å². The lowest BCUT2D eigenvalue weighted by Crippen LogP contribution is -2.50. The molecule has 0 N–H and O–H groups in total. The zero-order valence-electron chi connectivity index (χ0n) is 20.8. The summed E-state index contributed by atoms with van der Waals surface area (Å²) in [5.41, 5.74) is 2.95. The number of piperidine rings is 1. The third-order valence-corrected chi connectivity index (χ3v) is 6.56. The Morgan fingerprint density at radius 1 is 1.06 bits per heavy atom. The van der Waals surface area contributed by atoms with Gasteiger partial charge in [0, 0.05) is 51.1 Å². The second-order valence-electron chi connectivity index (χ2n) is 9.38. The molecule has 4 rings (SSSR count). The summed E-state index contributed by atoms with van der Waals surface area (Å²) in [4.78, 5) is 29.9. The van der Waals surface area contributed by atoms with Crippen molar-refractivity contribution in [2.24, 2.45) is 5.92 Å². The SMILES string of the molecule is Cc1cc(C)n(CC(=O)N2CC[C@H](Oc3ccccc3)[C@@H](CC(=O)N(C)Cc3ccccc3)C2)n1. The van der Waals surface area contributed by atoms with Crippen LogP contribution in [0.4, 0.5) is 0 Å². The molecule has 7 heteroatoms. The normalized spacial score (nSPS) is 17.7. The highest BCUT2D eigenvalue weighted by Crippen LogP contribution is 2.27. The molecule has 2 heterocycles. The number of likely N-dealkylation sites (tertiary alicyclic amines) is 1. The van der Waals surface area contributed by atoms with Crippen molar-refractivity contribution in [3.8, 4) is 5.75 Å². The molecule has 184 valence electrons. The lowest BCUT2D eigenvalue weighted by molar-refractivity contribution is -0.139. The van der Waals surface area contributed by atoms with Crippen LogP contribution in [0.15, 0.2) is 66.7 Å². The number of hydrogen-bond acceptors (Lipinski definition) is 4. The minimum Gasteiger partial charge on any atom is -0.490 e. The van der Waals surface area contributed by atoms with E-state index in [9.17, 15) is 9.59 Å². The highest BCUT2D eigenvalue weighted by atomic mass is 16.5. The molecule has 1 aliphatic rings. The Kier molecular flexibility index (Phi) is 7.85. The van der Waals surface area contributed by atoms with Gasteiger partial charge < -0.3 is 14.5 Å². The van der Waals surface area contributed by atoms with Gasteiger partial charge in [0.25, 0.3) is 0 Å². The first kappa shape index (κ1) is 24.5. The van der Waals surface area contributed by atoms with Crippen molar-refractivity contribution in [2.75, 3.05) is 20.1 Å². The maximum absolute atomic E-state index is 13.2. The average molecular weight is 475 g/mol. The summed E-state index contributed by atoms with van der Waals surface area (Å²) in [5.74, 6) is 0.756. The van der Waals surface area contributed by atoms with Gasteiger partial charge >= 0.3 is 0 Å². The highest BCUT2D eigenvalue weighted by molar-refractivity contribution is 5.77. The smallest absolute Gasteiger partial charge is 0.244 e. The number of aryl methyl sites for hydroxylation is 2. The first-order valence-corrected chi connectivity index (χ1v) is 12.2. The second kappa shape index (κ2) is 11.2. The van der Waals surface area contributed by atoms with Gasteiger partial charge in [-0.05, 0) is 37.6 Å². The van der Waals surface area contributed by atoms with E-state index in [4.69, 9.17) is 4.74 Å².